The number of hydrogen-bond donors (Lipinski definition) is 2. The Bertz CT molecular complexity index is 372. The molecule has 17 heavy (non-hydrogen) atoms. The van der Waals surface area contributed by atoms with Gasteiger partial charge >= 0.3 is 0 Å². The molecule has 1 aromatic rings. The molecule has 0 aliphatic heterocycles. The third-order valence-electron chi connectivity index (χ3n) is 3.54. The zero-order valence-corrected chi connectivity index (χ0v) is 10.2. The summed E-state index contributed by atoms with van der Waals surface area (Å²) in [6, 6.07) is 6.90. The van der Waals surface area contributed by atoms with Crippen LogP contribution < -0.4 is 5.32 Å². The van der Waals surface area contributed by atoms with Crippen LogP contribution in [0.4, 0.5) is 4.39 Å². The molecule has 1 aliphatic rings. The lowest BCUT2D eigenvalue weighted by Gasteiger charge is -2.26. The highest BCUT2D eigenvalue weighted by molar-refractivity contribution is 5.24. The molecule has 1 fully saturated rings. The third kappa shape index (κ3) is 3.05. The van der Waals surface area contributed by atoms with E-state index in [1.54, 1.807) is 25.1 Å². The lowest BCUT2D eigenvalue weighted by atomic mass is 9.95. The zero-order valence-electron chi connectivity index (χ0n) is 10.2. The molecular weight excluding hydrogens is 217 g/mol. The Labute approximate surface area is 102 Å². The van der Waals surface area contributed by atoms with Crippen molar-refractivity contribution in [3.8, 4) is 0 Å². The van der Waals surface area contributed by atoms with Gasteiger partial charge < -0.3 is 10.4 Å². The van der Waals surface area contributed by atoms with Gasteiger partial charge in [0.2, 0.25) is 0 Å². The van der Waals surface area contributed by atoms with Crippen molar-refractivity contribution in [3.63, 3.8) is 0 Å². The largest absolute Gasteiger partial charge is 0.384 e. The Morgan fingerprint density at radius 2 is 2.00 bits per heavy atom. The molecule has 0 spiro atoms. The molecule has 0 heterocycles. The van der Waals surface area contributed by atoms with Gasteiger partial charge in [0.15, 0.2) is 0 Å². The van der Waals surface area contributed by atoms with Crippen molar-refractivity contribution < 1.29 is 9.50 Å². The molecule has 1 aliphatic carbocycles. The second-order valence-electron chi connectivity index (χ2n) is 5.12. The minimum absolute atomic E-state index is 0.342. The van der Waals surface area contributed by atoms with Gasteiger partial charge in [-0.15, -0.1) is 0 Å². The van der Waals surface area contributed by atoms with Crippen LogP contribution in [0.5, 0.6) is 0 Å². The number of nitrogens with one attached hydrogen (secondary N) is 1. The van der Waals surface area contributed by atoms with Gasteiger partial charge in [0.1, 0.15) is 11.4 Å². The number of halogens is 1. The number of rotatable bonds is 4. The normalized spacial score (nSPS) is 20.4. The molecule has 2 nitrogen and oxygen atoms in total. The van der Waals surface area contributed by atoms with Crippen LogP contribution in [0.2, 0.25) is 0 Å². The molecule has 0 aromatic heterocycles. The third-order valence-corrected chi connectivity index (χ3v) is 3.54. The summed E-state index contributed by atoms with van der Waals surface area (Å²) in [5, 5.41) is 13.7. The van der Waals surface area contributed by atoms with Crippen LogP contribution >= 0.6 is 0 Å². The van der Waals surface area contributed by atoms with E-state index in [2.05, 4.69) is 5.32 Å². The van der Waals surface area contributed by atoms with Crippen molar-refractivity contribution in [2.75, 3.05) is 6.54 Å². The topological polar surface area (TPSA) is 32.3 Å². The summed E-state index contributed by atoms with van der Waals surface area (Å²) in [7, 11) is 0. The van der Waals surface area contributed by atoms with Crippen LogP contribution in [0.1, 0.15) is 38.2 Å². The first-order chi connectivity index (χ1) is 8.09. The van der Waals surface area contributed by atoms with E-state index in [1.807, 2.05) is 0 Å². The van der Waals surface area contributed by atoms with Crippen LogP contribution in [0.3, 0.4) is 0 Å². The van der Waals surface area contributed by atoms with E-state index >= 15 is 0 Å². The molecule has 0 bridgehead atoms. The Morgan fingerprint density at radius 3 is 2.65 bits per heavy atom. The molecule has 1 unspecified atom stereocenters. The van der Waals surface area contributed by atoms with Crippen LogP contribution in [0.15, 0.2) is 24.3 Å². The average molecular weight is 237 g/mol. The Hall–Kier alpha value is -0.930. The van der Waals surface area contributed by atoms with E-state index < -0.39 is 5.60 Å². The highest BCUT2D eigenvalue weighted by Gasteiger charge is 2.27. The Balaban J connectivity index is 2.00. The summed E-state index contributed by atoms with van der Waals surface area (Å²) in [6.07, 6.45) is 4.82. The molecule has 2 rings (SSSR count). The van der Waals surface area contributed by atoms with E-state index in [-0.39, 0.29) is 5.82 Å². The molecule has 3 heteroatoms. The SMILES string of the molecule is CC(O)(CNC1CCCC1)c1ccccc1F. The molecule has 0 saturated heterocycles. The maximum Gasteiger partial charge on any atom is 0.129 e. The predicted octanol–water partition coefficient (Wildman–Crippen LogP) is 2.57. The molecule has 1 saturated carbocycles. The Morgan fingerprint density at radius 1 is 1.35 bits per heavy atom. The fourth-order valence-electron chi connectivity index (χ4n) is 2.47. The summed E-state index contributed by atoms with van der Waals surface area (Å²) < 4.78 is 13.6. The van der Waals surface area contributed by atoms with Crippen molar-refractivity contribution in [3.05, 3.63) is 35.6 Å². The highest BCUT2D eigenvalue weighted by Crippen LogP contribution is 2.24. The van der Waals surface area contributed by atoms with E-state index in [4.69, 9.17) is 0 Å². The summed E-state index contributed by atoms with van der Waals surface area (Å²) in [5.41, 5.74) is -0.779. The highest BCUT2D eigenvalue weighted by atomic mass is 19.1. The molecule has 1 aromatic carbocycles. The molecule has 0 amide bonds. The van der Waals surface area contributed by atoms with Gasteiger partial charge in [0.25, 0.3) is 0 Å². The number of benzene rings is 1. The van der Waals surface area contributed by atoms with E-state index in [1.165, 1.54) is 18.9 Å². The van der Waals surface area contributed by atoms with Crippen molar-refractivity contribution in [2.24, 2.45) is 0 Å². The van der Waals surface area contributed by atoms with E-state index in [0.29, 0.717) is 18.2 Å². The van der Waals surface area contributed by atoms with Crippen LogP contribution in [-0.2, 0) is 5.60 Å². The van der Waals surface area contributed by atoms with Gasteiger partial charge in [0.05, 0.1) is 0 Å². The van der Waals surface area contributed by atoms with Crippen LogP contribution in [0.25, 0.3) is 0 Å². The summed E-state index contributed by atoms with van der Waals surface area (Å²) in [6.45, 7) is 2.06. The zero-order chi connectivity index (χ0) is 12.3. The van der Waals surface area contributed by atoms with E-state index in [9.17, 15) is 9.50 Å². The summed E-state index contributed by atoms with van der Waals surface area (Å²) in [4.78, 5) is 0. The van der Waals surface area contributed by atoms with Gasteiger partial charge in [-0.3, -0.25) is 0 Å². The lowest BCUT2D eigenvalue weighted by molar-refractivity contribution is 0.0503. The van der Waals surface area contributed by atoms with Crippen LogP contribution in [0, 0.1) is 5.82 Å². The van der Waals surface area contributed by atoms with Gasteiger partial charge in [-0.2, -0.15) is 0 Å². The van der Waals surface area contributed by atoms with E-state index in [0.717, 1.165) is 12.8 Å². The fourth-order valence-corrected chi connectivity index (χ4v) is 2.47. The van der Waals surface area contributed by atoms with Crippen molar-refractivity contribution in [1.29, 1.82) is 0 Å². The molecule has 94 valence electrons. The predicted molar refractivity (Wildman–Crippen MR) is 66.2 cm³/mol. The molecule has 1 atom stereocenters. The van der Waals surface area contributed by atoms with Crippen LogP contribution in [-0.4, -0.2) is 17.7 Å². The standard InChI is InChI=1S/C14H20FNO/c1-14(17,10-16-11-6-2-3-7-11)12-8-4-5-9-13(12)15/h4-5,8-9,11,16-17H,2-3,6-7,10H2,1H3. The second kappa shape index (κ2) is 5.15. The minimum atomic E-state index is -1.14. The maximum atomic E-state index is 13.6. The van der Waals surface area contributed by atoms with Crippen molar-refractivity contribution >= 4 is 0 Å². The monoisotopic (exact) mass is 237 g/mol. The Kier molecular flexibility index (Phi) is 3.79. The van der Waals surface area contributed by atoms with Crippen molar-refractivity contribution in [2.45, 2.75) is 44.2 Å². The number of hydrogen-bond acceptors (Lipinski definition) is 2. The quantitative estimate of drug-likeness (QED) is 0.843. The first-order valence-electron chi connectivity index (χ1n) is 6.30. The average Bonchev–Trinajstić information content (AvgIpc) is 2.80. The second-order valence-corrected chi connectivity index (χ2v) is 5.12. The first kappa shape index (κ1) is 12.5. The maximum absolute atomic E-state index is 13.6. The van der Waals surface area contributed by atoms with Gasteiger partial charge in [-0.05, 0) is 25.8 Å². The minimum Gasteiger partial charge on any atom is -0.384 e. The summed E-state index contributed by atoms with van der Waals surface area (Å²) >= 11 is 0. The fraction of sp³-hybridized carbons (Fsp3) is 0.571. The van der Waals surface area contributed by atoms with Gasteiger partial charge in [-0.1, -0.05) is 31.0 Å². The lowest BCUT2D eigenvalue weighted by Crippen LogP contribution is -2.40. The number of aliphatic hydroxyl groups is 1. The first-order valence-corrected chi connectivity index (χ1v) is 6.30. The molecule has 2 N–H and O–H groups in total. The smallest absolute Gasteiger partial charge is 0.129 e. The van der Waals surface area contributed by atoms with Gasteiger partial charge in [0, 0.05) is 18.2 Å². The summed E-state index contributed by atoms with van der Waals surface area (Å²) in [5.74, 6) is -0.342. The molecule has 0 radical (unpaired) electrons. The molecular formula is C14H20FNO. The van der Waals surface area contributed by atoms with Gasteiger partial charge in [-0.25, -0.2) is 4.39 Å². The van der Waals surface area contributed by atoms with Crippen molar-refractivity contribution in [1.82, 2.24) is 5.32 Å².